The first-order valence-corrected chi connectivity index (χ1v) is 50.7. The van der Waals surface area contributed by atoms with Gasteiger partial charge in [0, 0.05) is 37.8 Å². The Morgan fingerprint density at radius 2 is 0.479 bits per heavy atom. The molecular formula is C140H102N2. The molecule has 2 heteroatoms. The van der Waals surface area contributed by atoms with Crippen LogP contribution in [0.25, 0.3) is 241 Å². The number of rotatable bonds is 8. The molecule has 24 aromatic carbocycles. The number of hydrogen-bond acceptors (Lipinski definition) is 0. The van der Waals surface area contributed by atoms with Crippen molar-refractivity contribution in [2.75, 3.05) is 0 Å². The van der Waals surface area contributed by atoms with Gasteiger partial charge in [0.15, 0.2) is 0 Å². The van der Waals surface area contributed by atoms with Crippen LogP contribution in [-0.2, 0) is 24.7 Å². The second-order valence-corrected chi connectivity index (χ2v) is 40.8. The summed E-state index contributed by atoms with van der Waals surface area (Å²) in [5.74, 6) is 0. The van der Waals surface area contributed by atoms with Crippen molar-refractivity contribution >= 4 is 141 Å². The van der Waals surface area contributed by atoms with Crippen LogP contribution in [0.2, 0.25) is 0 Å². The third-order valence-electron chi connectivity index (χ3n) is 32.6. The lowest BCUT2D eigenvalue weighted by atomic mass is 9.69. The summed E-state index contributed by atoms with van der Waals surface area (Å²) >= 11 is 0. The van der Waals surface area contributed by atoms with E-state index >= 15 is 0 Å². The van der Waals surface area contributed by atoms with Crippen LogP contribution in [0.5, 0.6) is 0 Å². The van der Waals surface area contributed by atoms with E-state index in [0.29, 0.717) is 11.0 Å². The molecule has 0 saturated heterocycles. The largest absolute Gasteiger partial charge is 0.309 e. The van der Waals surface area contributed by atoms with E-state index in [-0.39, 0.29) is 0 Å². The van der Waals surface area contributed by atoms with Gasteiger partial charge in [0.25, 0.3) is 0 Å². The zero-order valence-corrected chi connectivity index (χ0v) is 80.0. The molecule has 0 radical (unpaired) electrons. The maximum absolute atomic E-state index is 8.08. The standard InChI is InChI=1S/C51H35N.C45H31N.C44H36/c1-31-20-24-50-48(26-31)49-27-32(2)21-25-51(49)52(50)35-11-7-10-33(28-35)36-16-8-18-42-43-19-9-17-37(47(43)30-46(36)42)34-22-23-44-40-14-4-3-12-38(40)39-13-5-6-15-41(39)45(44)29-34;1-27-17-21-44-40(23-27)41-24-28(2)18-22-45(41)46(44)43-16-8-15-36-35-14-7-13-30(39(35)26-42(36)43)29-19-20-37-33-11-4-3-9-31(33)32-10-5-6-12-34(32)38(37)25-29;1-44(24-7-2-8-25-44)43-21-11-20-38-37-19-10-18-32(41(37)28-42(38)43)31-13-9-12-29(26-31)30-22-23-39-35-16-4-3-14-33(35)34-15-5-6-17-36(34)40(39)27-30/h3-29H,30H2,1-2H3;3-25H,26H2,1-2H3;3-6,9-23,26-27H,2,7-8,24-25,28H2,1H3/i1D3;;. The summed E-state index contributed by atoms with van der Waals surface area (Å²) in [4.78, 5) is 0. The Balaban J connectivity index is 0.000000106. The van der Waals surface area contributed by atoms with Gasteiger partial charge in [0.05, 0.1) is 27.8 Å². The molecule has 2 heterocycles. The zero-order valence-electron chi connectivity index (χ0n) is 83.0. The first kappa shape index (κ1) is 80.2. The molecule has 0 aliphatic heterocycles. The van der Waals surface area contributed by atoms with Crippen molar-refractivity contribution in [2.24, 2.45) is 0 Å². The van der Waals surface area contributed by atoms with E-state index in [1.165, 1.54) is 279 Å². The van der Waals surface area contributed by atoms with Gasteiger partial charge >= 0.3 is 0 Å². The first-order chi connectivity index (χ1) is 71.1. The van der Waals surface area contributed by atoms with E-state index in [0.717, 1.165) is 57.9 Å². The summed E-state index contributed by atoms with van der Waals surface area (Å²) in [5, 5.41) is 28.2. The quantitative estimate of drug-likeness (QED) is 0.134. The highest BCUT2D eigenvalue weighted by molar-refractivity contribution is 6.29. The molecule has 4 aliphatic rings. The Labute approximate surface area is 831 Å². The van der Waals surface area contributed by atoms with Crippen molar-refractivity contribution < 1.29 is 4.11 Å². The minimum atomic E-state index is -2.17. The van der Waals surface area contributed by atoms with Crippen LogP contribution in [0, 0.1) is 27.6 Å². The summed E-state index contributed by atoms with van der Waals surface area (Å²) in [6.45, 7) is 6.81. The maximum Gasteiger partial charge on any atom is 0.0541 e. The fourth-order valence-corrected chi connectivity index (χ4v) is 26.0. The molecule has 0 amide bonds. The molecule has 672 valence electrons. The molecular weight excluding hydrogens is 1710 g/mol. The lowest BCUT2D eigenvalue weighted by Gasteiger charge is -2.35. The molecule has 0 atom stereocenters. The van der Waals surface area contributed by atoms with E-state index in [1.54, 1.807) is 17.2 Å². The Kier molecular flexibility index (Phi) is 18.6. The van der Waals surface area contributed by atoms with E-state index in [9.17, 15) is 0 Å². The molecule has 0 unspecified atom stereocenters. The summed E-state index contributed by atoms with van der Waals surface area (Å²) in [6.07, 6.45) is 9.51. The number of aryl methyl sites for hydroxylation is 4. The fraction of sp³-hybridized carbons (Fsp3) is 0.100. The fourth-order valence-electron chi connectivity index (χ4n) is 26.0. The third-order valence-corrected chi connectivity index (χ3v) is 32.6. The Hall–Kier alpha value is -16.8. The van der Waals surface area contributed by atoms with Crippen molar-refractivity contribution in [2.45, 2.75) is 91.3 Å². The van der Waals surface area contributed by atoms with Crippen LogP contribution in [0.3, 0.4) is 0 Å². The monoisotopic (exact) mass is 1810 g/mol. The summed E-state index contributed by atoms with van der Waals surface area (Å²) < 4.78 is 29.0. The Bertz CT molecular complexity index is 9860. The molecule has 142 heavy (non-hydrogen) atoms. The van der Waals surface area contributed by atoms with Crippen LogP contribution in [-0.4, -0.2) is 9.13 Å². The molecule has 2 aromatic heterocycles. The normalized spacial score (nSPS) is 13.8. The molecule has 0 spiro atoms. The van der Waals surface area contributed by atoms with Gasteiger partial charge in [-0.25, -0.2) is 0 Å². The van der Waals surface area contributed by atoms with E-state index in [4.69, 9.17) is 4.11 Å². The number of hydrogen-bond donors (Lipinski definition) is 0. The summed E-state index contributed by atoms with van der Waals surface area (Å²) in [7, 11) is 0. The zero-order chi connectivity index (χ0) is 96.8. The highest BCUT2D eigenvalue weighted by Gasteiger charge is 2.36. The average Bonchev–Trinajstić information content (AvgIpc) is 1.65. The van der Waals surface area contributed by atoms with Crippen molar-refractivity contribution in [3.05, 3.63) is 492 Å². The van der Waals surface area contributed by atoms with Crippen LogP contribution in [0.4, 0.5) is 0 Å². The summed E-state index contributed by atoms with van der Waals surface area (Å²) in [5.41, 5.74) is 42.4. The van der Waals surface area contributed by atoms with Gasteiger partial charge in [-0.1, -0.05) is 388 Å². The topological polar surface area (TPSA) is 9.86 Å². The molecule has 26 aromatic rings. The van der Waals surface area contributed by atoms with Crippen LogP contribution >= 0.6 is 0 Å². The van der Waals surface area contributed by atoms with Gasteiger partial charge in [0.2, 0.25) is 0 Å². The molecule has 0 bridgehead atoms. The number of aromatic nitrogens is 2. The third kappa shape index (κ3) is 13.3. The van der Waals surface area contributed by atoms with Crippen LogP contribution in [0.15, 0.2) is 431 Å². The molecule has 2 nitrogen and oxygen atoms in total. The van der Waals surface area contributed by atoms with Crippen molar-refractivity contribution in [3.63, 3.8) is 0 Å². The lowest BCUT2D eigenvalue weighted by Crippen LogP contribution is -2.26. The van der Waals surface area contributed by atoms with Gasteiger partial charge in [-0.15, -0.1) is 0 Å². The second-order valence-electron chi connectivity index (χ2n) is 40.8. The minimum absolute atomic E-state index is 0.303. The number of fused-ring (bicyclic) bond motifs is 33. The average molecular weight is 1820 g/mol. The predicted molar refractivity (Wildman–Crippen MR) is 607 cm³/mol. The van der Waals surface area contributed by atoms with Crippen molar-refractivity contribution in [1.29, 1.82) is 0 Å². The highest BCUT2D eigenvalue weighted by atomic mass is 15.0. The number of nitrogens with zero attached hydrogens (tertiary/aromatic N) is 2. The van der Waals surface area contributed by atoms with Gasteiger partial charge in [-0.2, -0.15) is 0 Å². The molecule has 4 aliphatic carbocycles. The van der Waals surface area contributed by atoms with Crippen molar-refractivity contribution in [3.8, 4) is 100 Å². The minimum Gasteiger partial charge on any atom is -0.309 e. The molecule has 1 saturated carbocycles. The molecule has 30 rings (SSSR count). The van der Waals surface area contributed by atoms with Crippen LogP contribution in [0.1, 0.15) is 104 Å². The highest BCUT2D eigenvalue weighted by Crippen LogP contribution is 2.54. The van der Waals surface area contributed by atoms with Gasteiger partial charge in [-0.3, -0.25) is 0 Å². The maximum atomic E-state index is 8.08. The summed E-state index contributed by atoms with van der Waals surface area (Å²) in [6, 6.07) is 159. The van der Waals surface area contributed by atoms with E-state index in [2.05, 4.69) is 449 Å². The lowest BCUT2D eigenvalue weighted by molar-refractivity contribution is 0.318. The van der Waals surface area contributed by atoms with Gasteiger partial charge in [0.1, 0.15) is 0 Å². The first-order valence-electron chi connectivity index (χ1n) is 52.2. The predicted octanol–water partition coefficient (Wildman–Crippen LogP) is 38.1. The smallest absolute Gasteiger partial charge is 0.0541 e. The molecule has 0 N–H and O–H groups in total. The van der Waals surface area contributed by atoms with E-state index in [1.807, 2.05) is 12.1 Å². The van der Waals surface area contributed by atoms with Gasteiger partial charge in [-0.05, 0) is 375 Å². The van der Waals surface area contributed by atoms with Gasteiger partial charge < -0.3 is 9.13 Å². The van der Waals surface area contributed by atoms with Crippen LogP contribution < -0.4 is 0 Å². The second kappa shape index (κ2) is 33.0. The van der Waals surface area contributed by atoms with Crippen molar-refractivity contribution in [1.82, 2.24) is 9.13 Å². The Morgan fingerprint density at radius 1 is 0.197 bits per heavy atom. The number of benzene rings is 24. The molecule has 1 fully saturated rings. The Morgan fingerprint density at radius 3 is 0.894 bits per heavy atom. The van der Waals surface area contributed by atoms with E-state index < -0.39 is 6.85 Å². The SMILES string of the molecule is CC1(c2cccc3c2Cc2c(-c4cccc(-c5ccc6c7ccccc7c7ccccc7c6c5)c4)cccc2-3)CCCCC1.Cc1ccc2c(c1)c1cc(C)ccc1n2-c1cccc2c1Cc1c(-c3ccc4c5ccccc5c5ccccc5c4c3)cccc1-2.[2H]C([2H])([2H])c1ccc2c(c1)c1cc(C)ccc1n2-c1cccc(-c2cccc3c2Cc2c(-c4ccc5c6ccccc6c6ccccc6c5c4)cccc2-3)c1.